The van der Waals surface area contributed by atoms with Crippen molar-refractivity contribution in [3.8, 4) is 0 Å². The fraction of sp³-hybridized carbons (Fsp3) is 1.00. The van der Waals surface area contributed by atoms with Crippen LogP contribution in [0.4, 0.5) is 0 Å². The summed E-state index contributed by atoms with van der Waals surface area (Å²) in [7, 11) is -15.2. The minimum atomic E-state index is -5.10. The Hall–Kier alpha value is -0.430. The van der Waals surface area contributed by atoms with E-state index >= 15 is 0 Å². The Balaban J connectivity index is 1.70. The quantitative estimate of drug-likeness (QED) is 0.231. The molecule has 0 saturated heterocycles. The van der Waals surface area contributed by atoms with E-state index in [1.165, 1.54) is 0 Å². The third-order valence-corrected chi connectivity index (χ3v) is 14.1. The highest BCUT2D eigenvalue weighted by molar-refractivity contribution is 7.81. The zero-order valence-electron chi connectivity index (χ0n) is 27.2. The highest BCUT2D eigenvalue weighted by Crippen LogP contribution is 2.69. The lowest BCUT2D eigenvalue weighted by Crippen LogP contribution is -2.62. The summed E-state index contributed by atoms with van der Waals surface area (Å²) in [6.45, 7) is 15.2. The van der Waals surface area contributed by atoms with Crippen molar-refractivity contribution in [2.24, 2.45) is 57.7 Å². The van der Waals surface area contributed by atoms with Crippen LogP contribution in [0.25, 0.3) is 0 Å². The molecule has 4 N–H and O–H groups in total. The number of rotatable bonds is 10. The van der Waals surface area contributed by atoms with Gasteiger partial charge in [0.1, 0.15) is 12.2 Å². The van der Waals surface area contributed by atoms with Crippen molar-refractivity contribution in [3.63, 3.8) is 0 Å². The lowest BCUT2D eigenvalue weighted by atomic mass is 9.43. The van der Waals surface area contributed by atoms with Gasteiger partial charge < -0.3 is 5.11 Å². The van der Waals surface area contributed by atoms with Gasteiger partial charge in [0.15, 0.2) is 0 Å². The Morgan fingerprint density at radius 2 is 1.29 bits per heavy atom. The van der Waals surface area contributed by atoms with E-state index in [0.29, 0.717) is 24.7 Å². The van der Waals surface area contributed by atoms with Gasteiger partial charge in [0, 0.05) is 0 Å². The molecule has 0 radical (unpaired) electrons. The highest BCUT2D eigenvalue weighted by atomic mass is 32.3. The monoisotopic (exact) mass is 704 g/mol. The maximum absolute atomic E-state index is 12.1. The molecule has 4 aliphatic carbocycles. The molecular formula is C29H52O13S3. The summed E-state index contributed by atoms with van der Waals surface area (Å²) in [4.78, 5) is 0. The fourth-order valence-electron chi connectivity index (χ4n) is 10.2. The molecule has 0 bridgehead atoms. The number of aliphatic hydroxyl groups is 1. The summed E-state index contributed by atoms with van der Waals surface area (Å²) >= 11 is 0. The molecule has 0 aliphatic heterocycles. The molecule has 0 aromatic rings. The molecule has 264 valence electrons. The highest BCUT2D eigenvalue weighted by Gasteiger charge is 2.66. The van der Waals surface area contributed by atoms with Gasteiger partial charge in [0.2, 0.25) is 0 Å². The Morgan fingerprint density at radius 3 is 1.82 bits per heavy atom. The van der Waals surface area contributed by atoms with Crippen LogP contribution in [0.5, 0.6) is 0 Å². The van der Waals surface area contributed by atoms with Gasteiger partial charge in [0.25, 0.3) is 0 Å². The van der Waals surface area contributed by atoms with E-state index in [-0.39, 0.29) is 53.8 Å². The molecule has 4 aliphatic rings. The third-order valence-electron chi connectivity index (χ3n) is 12.6. The van der Waals surface area contributed by atoms with Gasteiger partial charge in [-0.2, -0.15) is 25.3 Å². The molecule has 4 rings (SSSR count). The zero-order valence-corrected chi connectivity index (χ0v) is 29.6. The average Bonchev–Trinajstić information content (AvgIpc) is 3.10. The Kier molecular flexibility index (Phi) is 10.4. The van der Waals surface area contributed by atoms with E-state index in [0.717, 1.165) is 19.3 Å². The van der Waals surface area contributed by atoms with Crippen molar-refractivity contribution in [2.45, 2.75) is 124 Å². The number of hydrogen-bond acceptors (Lipinski definition) is 10. The third kappa shape index (κ3) is 8.07. The van der Waals surface area contributed by atoms with Crippen LogP contribution in [0, 0.1) is 57.7 Å². The summed E-state index contributed by atoms with van der Waals surface area (Å²) < 4.78 is 115. The van der Waals surface area contributed by atoms with Gasteiger partial charge >= 0.3 is 31.2 Å². The first-order valence-electron chi connectivity index (χ1n) is 15.9. The van der Waals surface area contributed by atoms with Gasteiger partial charge in [-0.25, -0.2) is 12.5 Å². The first-order chi connectivity index (χ1) is 20.3. The van der Waals surface area contributed by atoms with Crippen molar-refractivity contribution < 1.29 is 56.6 Å². The van der Waals surface area contributed by atoms with E-state index in [1.54, 1.807) is 0 Å². The maximum Gasteiger partial charge on any atom is 0.397 e. The lowest BCUT2D eigenvalue weighted by Gasteiger charge is -2.63. The summed E-state index contributed by atoms with van der Waals surface area (Å²) in [5.74, 6) is -0.419. The average molecular weight is 705 g/mol. The standard InChI is InChI=1S/C29H52O13S3/c1-16(8-9-17(2)27(3,4)5)20-13-22(30)26-18-12-23(40-43(31,32)33)21-14-24(41-44(34,35)36)25(42-45(37,38)39)15-29(21,7)19(18)10-11-28(20,26)6/h16-26,30H,8-15H2,1-7H3,(H,31,32,33)(H,34,35,36)(H,37,38,39)/t16-,17+,18-,19+,20-,21-,22+,23+,24+,25+,26-,28-,29-/m1/s1. The molecule has 0 aromatic carbocycles. The second-order valence-electron chi connectivity index (χ2n) is 16.0. The molecule has 4 saturated carbocycles. The van der Waals surface area contributed by atoms with Gasteiger partial charge in [0.05, 0.1) is 12.2 Å². The fourth-order valence-corrected chi connectivity index (χ4v) is 11.7. The van der Waals surface area contributed by atoms with Crippen molar-refractivity contribution in [2.75, 3.05) is 0 Å². The van der Waals surface area contributed by atoms with Gasteiger partial charge in [-0.1, -0.05) is 54.9 Å². The Labute approximate surface area is 269 Å². The topological polar surface area (TPSA) is 211 Å². The summed E-state index contributed by atoms with van der Waals surface area (Å²) in [6, 6.07) is 0. The molecule has 45 heavy (non-hydrogen) atoms. The van der Waals surface area contributed by atoms with Gasteiger partial charge in [-0.05, 0) is 103 Å². The Bertz CT molecular complexity index is 1410. The van der Waals surface area contributed by atoms with E-state index < -0.39 is 66.9 Å². The molecule has 13 nitrogen and oxygen atoms in total. The molecule has 0 spiro atoms. The van der Waals surface area contributed by atoms with Crippen LogP contribution in [-0.2, 0) is 43.7 Å². The van der Waals surface area contributed by atoms with Crippen LogP contribution in [-0.4, -0.2) is 68.4 Å². The minimum absolute atomic E-state index is 0.145. The van der Waals surface area contributed by atoms with Crippen molar-refractivity contribution in [1.82, 2.24) is 0 Å². The number of hydrogen-bond donors (Lipinski definition) is 4. The normalized spacial score (nSPS) is 42.3. The van der Waals surface area contributed by atoms with Crippen LogP contribution < -0.4 is 0 Å². The maximum atomic E-state index is 12.1. The van der Waals surface area contributed by atoms with Crippen molar-refractivity contribution in [1.29, 1.82) is 0 Å². The molecule has 0 amide bonds. The number of fused-ring (bicyclic) bond motifs is 5. The number of aliphatic hydroxyl groups excluding tert-OH is 1. The van der Waals surface area contributed by atoms with Crippen LogP contribution in [0.2, 0.25) is 0 Å². The second-order valence-corrected chi connectivity index (χ2v) is 19.2. The van der Waals surface area contributed by atoms with Crippen LogP contribution in [0.1, 0.15) is 99.8 Å². The van der Waals surface area contributed by atoms with E-state index in [4.69, 9.17) is 12.5 Å². The second kappa shape index (κ2) is 12.5. The molecule has 4 fully saturated rings. The predicted octanol–water partition coefficient (Wildman–Crippen LogP) is 4.50. The lowest BCUT2D eigenvalue weighted by molar-refractivity contribution is -0.191. The van der Waals surface area contributed by atoms with Crippen LogP contribution in [0.15, 0.2) is 0 Å². The Morgan fingerprint density at radius 1 is 0.756 bits per heavy atom. The smallest absolute Gasteiger partial charge is 0.393 e. The molecule has 0 aromatic heterocycles. The van der Waals surface area contributed by atoms with Gasteiger partial charge in [-0.3, -0.25) is 13.7 Å². The minimum Gasteiger partial charge on any atom is -0.393 e. The van der Waals surface area contributed by atoms with Crippen molar-refractivity contribution >= 4 is 31.2 Å². The van der Waals surface area contributed by atoms with Gasteiger partial charge in [-0.15, -0.1) is 0 Å². The van der Waals surface area contributed by atoms with E-state index in [1.807, 2.05) is 6.92 Å². The summed E-state index contributed by atoms with van der Waals surface area (Å²) in [5.41, 5.74) is -1.04. The SMILES string of the molecule is C[C@H](CC[C@H](C)C(C)(C)C)[C@H]1C[C@H](O)[C@H]2[C@@H]3C[C@H](OS(=O)(=O)O)[C@H]4C[C@H](OS(=O)(=O)O)[C@@H](OS(=O)(=O)O)C[C@]4(C)[C@H]3CC[C@@]21C. The molecule has 13 atom stereocenters. The predicted molar refractivity (Wildman–Crippen MR) is 164 cm³/mol. The summed E-state index contributed by atoms with van der Waals surface area (Å²) in [5, 5.41) is 11.7. The molecule has 0 heterocycles. The molecule has 0 unspecified atom stereocenters. The first kappa shape index (κ1) is 37.4. The zero-order chi connectivity index (χ0) is 34.1. The first-order valence-corrected chi connectivity index (χ1v) is 20.0. The largest absolute Gasteiger partial charge is 0.397 e. The molecular weight excluding hydrogens is 653 g/mol. The van der Waals surface area contributed by atoms with Crippen LogP contribution in [0.3, 0.4) is 0 Å². The van der Waals surface area contributed by atoms with E-state index in [2.05, 4.69) is 41.5 Å². The van der Waals surface area contributed by atoms with E-state index in [9.17, 15) is 44.0 Å². The summed E-state index contributed by atoms with van der Waals surface area (Å²) in [6.07, 6.45) is -1.24. The molecule has 16 heteroatoms. The van der Waals surface area contributed by atoms with Crippen LogP contribution >= 0.6 is 0 Å². The van der Waals surface area contributed by atoms with Crippen molar-refractivity contribution in [3.05, 3.63) is 0 Å².